The molecule has 2 rings (SSSR count). The Labute approximate surface area is 197 Å². The summed E-state index contributed by atoms with van der Waals surface area (Å²) in [5, 5.41) is 6.70. The molecule has 0 spiro atoms. The van der Waals surface area contributed by atoms with E-state index in [-0.39, 0.29) is 24.0 Å². The fraction of sp³-hybridized carbons (Fsp3) is 0.435. The van der Waals surface area contributed by atoms with Gasteiger partial charge in [0, 0.05) is 18.7 Å². The quantitative estimate of drug-likeness (QED) is 0.290. The number of halogens is 1. The fourth-order valence-electron chi connectivity index (χ4n) is 3.33. The average Bonchev–Trinajstić information content (AvgIpc) is 2.70. The molecule has 0 atom stereocenters. The largest absolute Gasteiger partial charge is 0.493 e. The zero-order valence-corrected chi connectivity index (χ0v) is 21.1. The molecule has 6 nitrogen and oxygen atoms in total. The molecule has 0 amide bonds. The van der Waals surface area contributed by atoms with Crippen molar-refractivity contribution in [2.45, 2.75) is 33.7 Å². The minimum atomic E-state index is 0. The summed E-state index contributed by atoms with van der Waals surface area (Å²) < 4.78 is 16.3. The van der Waals surface area contributed by atoms with E-state index in [1.165, 1.54) is 16.7 Å². The van der Waals surface area contributed by atoms with Gasteiger partial charge in [-0.2, -0.15) is 0 Å². The predicted molar refractivity (Wildman–Crippen MR) is 134 cm³/mol. The van der Waals surface area contributed by atoms with E-state index in [0.29, 0.717) is 23.8 Å². The monoisotopic (exact) mass is 527 g/mol. The molecule has 0 bridgehead atoms. The van der Waals surface area contributed by atoms with E-state index >= 15 is 0 Å². The molecule has 2 aromatic rings. The van der Waals surface area contributed by atoms with Crippen molar-refractivity contribution in [2.24, 2.45) is 4.99 Å². The van der Waals surface area contributed by atoms with Crippen molar-refractivity contribution >= 4 is 29.9 Å². The van der Waals surface area contributed by atoms with Gasteiger partial charge in [-0.1, -0.05) is 29.3 Å². The molecule has 0 fully saturated rings. The van der Waals surface area contributed by atoms with E-state index < -0.39 is 0 Å². The molecule has 0 radical (unpaired) electrons. The summed E-state index contributed by atoms with van der Waals surface area (Å²) >= 11 is 0. The van der Waals surface area contributed by atoms with Crippen LogP contribution in [0.5, 0.6) is 17.2 Å². The van der Waals surface area contributed by atoms with Gasteiger partial charge in [-0.15, -0.1) is 24.0 Å². The van der Waals surface area contributed by atoms with Crippen LogP contribution in [0.1, 0.15) is 29.2 Å². The first kappa shape index (κ1) is 25.9. The number of nitrogens with zero attached hydrogens (tertiary/aromatic N) is 1. The van der Waals surface area contributed by atoms with E-state index in [2.05, 4.69) is 49.6 Å². The molecular formula is C23H34IN3O3. The lowest BCUT2D eigenvalue weighted by Gasteiger charge is -2.16. The second-order valence-corrected chi connectivity index (χ2v) is 6.86. The molecule has 0 heterocycles. The van der Waals surface area contributed by atoms with E-state index in [1.54, 1.807) is 21.3 Å². The number of hydrogen-bond donors (Lipinski definition) is 2. The van der Waals surface area contributed by atoms with Crippen molar-refractivity contribution < 1.29 is 14.2 Å². The summed E-state index contributed by atoms with van der Waals surface area (Å²) in [5.41, 5.74) is 4.84. The highest BCUT2D eigenvalue weighted by atomic mass is 127. The Morgan fingerprint density at radius 3 is 2.13 bits per heavy atom. The maximum Gasteiger partial charge on any atom is 0.203 e. The molecule has 0 aliphatic carbocycles. The van der Waals surface area contributed by atoms with Crippen molar-refractivity contribution in [3.63, 3.8) is 0 Å². The Morgan fingerprint density at radius 1 is 0.900 bits per heavy atom. The molecule has 0 aliphatic heterocycles. The smallest absolute Gasteiger partial charge is 0.203 e. The van der Waals surface area contributed by atoms with Crippen molar-refractivity contribution in [1.29, 1.82) is 0 Å². The number of methoxy groups -OCH3 is 3. The van der Waals surface area contributed by atoms with Crippen LogP contribution >= 0.6 is 24.0 Å². The van der Waals surface area contributed by atoms with Crippen LogP contribution in [-0.2, 0) is 13.0 Å². The Bertz CT molecular complexity index is 820. The third kappa shape index (κ3) is 7.27. The number of ether oxygens (including phenoxy) is 3. The Morgan fingerprint density at radius 2 is 1.57 bits per heavy atom. The highest BCUT2D eigenvalue weighted by Crippen LogP contribution is 2.39. The summed E-state index contributed by atoms with van der Waals surface area (Å²) in [7, 11) is 4.84. The number of aryl methyl sites for hydroxylation is 2. The third-order valence-electron chi connectivity index (χ3n) is 4.53. The summed E-state index contributed by atoms with van der Waals surface area (Å²) in [6.07, 6.45) is 0.937. The number of benzene rings is 2. The molecule has 0 unspecified atom stereocenters. The van der Waals surface area contributed by atoms with Gasteiger partial charge in [0.05, 0.1) is 27.9 Å². The normalized spacial score (nSPS) is 10.8. The van der Waals surface area contributed by atoms with Gasteiger partial charge in [0.15, 0.2) is 17.5 Å². The molecule has 30 heavy (non-hydrogen) atoms. The van der Waals surface area contributed by atoms with Crippen LogP contribution in [0.3, 0.4) is 0 Å². The van der Waals surface area contributed by atoms with Gasteiger partial charge in [-0.3, -0.25) is 0 Å². The Hall–Kier alpha value is -2.16. The van der Waals surface area contributed by atoms with Gasteiger partial charge in [-0.25, -0.2) is 4.99 Å². The summed E-state index contributed by atoms with van der Waals surface area (Å²) in [6, 6.07) is 10.5. The van der Waals surface area contributed by atoms with E-state index in [1.807, 2.05) is 12.1 Å². The van der Waals surface area contributed by atoms with Crippen LogP contribution in [0.2, 0.25) is 0 Å². The maximum absolute atomic E-state index is 5.55. The second kappa shape index (κ2) is 13.2. The zero-order valence-electron chi connectivity index (χ0n) is 18.8. The van der Waals surface area contributed by atoms with Gasteiger partial charge < -0.3 is 24.8 Å². The van der Waals surface area contributed by atoms with Gasteiger partial charge in [0.2, 0.25) is 5.75 Å². The molecular weight excluding hydrogens is 493 g/mol. The van der Waals surface area contributed by atoms with Gasteiger partial charge in [0.1, 0.15) is 0 Å². The SMILES string of the molecule is CCNC(=NCc1ccc(OC)c(OC)c1OC)NCCc1cc(C)cc(C)c1.I. The Kier molecular flexibility index (Phi) is 11.4. The van der Waals surface area contributed by atoms with E-state index in [4.69, 9.17) is 19.2 Å². The number of aliphatic imine (C=N–C) groups is 1. The number of guanidine groups is 1. The molecule has 166 valence electrons. The predicted octanol–water partition coefficient (Wildman–Crippen LogP) is 4.25. The third-order valence-corrected chi connectivity index (χ3v) is 4.53. The van der Waals surface area contributed by atoms with Crippen molar-refractivity contribution in [1.82, 2.24) is 10.6 Å². The topological polar surface area (TPSA) is 64.1 Å². The van der Waals surface area contributed by atoms with Crippen LogP contribution in [0.15, 0.2) is 35.3 Å². The average molecular weight is 527 g/mol. The number of rotatable bonds is 9. The van der Waals surface area contributed by atoms with Gasteiger partial charge in [0.25, 0.3) is 0 Å². The van der Waals surface area contributed by atoms with E-state index in [0.717, 1.165) is 31.0 Å². The molecule has 2 N–H and O–H groups in total. The zero-order chi connectivity index (χ0) is 21.2. The lowest BCUT2D eigenvalue weighted by Crippen LogP contribution is -2.38. The molecule has 7 heteroatoms. The highest BCUT2D eigenvalue weighted by Gasteiger charge is 2.15. The van der Waals surface area contributed by atoms with Crippen LogP contribution in [0.4, 0.5) is 0 Å². The first-order valence-electron chi connectivity index (χ1n) is 9.89. The maximum atomic E-state index is 5.55. The van der Waals surface area contributed by atoms with Crippen molar-refractivity contribution in [3.8, 4) is 17.2 Å². The fourth-order valence-corrected chi connectivity index (χ4v) is 3.33. The minimum absolute atomic E-state index is 0. The minimum Gasteiger partial charge on any atom is -0.493 e. The van der Waals surface area contributed by atoms with Crippen LogP contribution < -0.4 is 24.8 Å². The molecule has 0 saturated heterocycles. The summed E-state index contributed by atoms with van der Waals surface area (Å²) in [6.45, 7) is 8.37. The summed E-state index contributed by atoms with van der Waals surface area (Å²) in [5.74, 6) is 2.63. The molecule has 0 saturated carbocycles. The van der Waals surface area contributed by atoms with Crippen LogP contribution in [0.25, 0.3) is 0 Å². The Balaban J connectivity index is 0.00000450. The number of nitrogens with one attached hydrogen (secondary N) is 2. The molecule has 0 aliphatic rings. The van der Waals surface area contributed by atoms with Gasteiger partial charge in [-0.05, 0) is 44.9 Å². The second-order valence-electron chi connectivity index (χ2n) is 6.86. The first-order valence-corrected chi connectivity index (χ1v) is 9.89. The van der Waals surface area contributed by atoms with Gasteiger partial charge >= 0.3 is 0 Å². The molecule has 0 aromatic heterocycles. The van der Waals surface area contributed by atoms with E-state index in [9.17, 15) is 0 Å². The van der Waals surface area contributed by atoms with Crippen molar-refractivity contribution in [2.75, 3.05) is 34.4 Å². The van der Waals surface area contributed by atoms with Crippen LogP contribution in [0, 0.1) is 13.8 Å². The standard InChI is InChI=1S/C23H33N3O3.HI/c1-7-24-23(25-11-10-18-13-16(2)12-17(3)14-18)26-15-19-8-9-20(27-4)22(29-6)21(19)28-5;/h8-9,12-14H,7,10-11,15H2,1-6H3,(H2,24,25,26);1H. The number of hydrogen-bond acceptors (Lipinski definition) is 4. The molecule has 2 aromatic carbocycles. The lowest BCUT2D eigenvalue weighted by molar-refractivity contribution is 0.322. The first-order chi connectivity index (χ1) is 14.0. The lowest BCUT2D eigenvalue weighted by atomic mass is 10.1. The van der Waals surface area contributed by atoms with Crippen molar-refractivity contribution in [3.05, 3.63) is 52.6 Å². The van der Waals surface area contributed by atoms with Crippen LogP contribution in [-0.4, -0.2) is 40.4 Å². The highest BCUT2D eigenvalue weighted by molar-refractivity contribution is 14.0. The summed E-state index contributed by atoms with van der Waals surface area (Å²) in [4.78, 5) is 4.71.